The first-order valence-electron chi connectivity index (χ1n) is 7.41. The molecule has 0 aromatic rings. The van der Waals surface area contributed by atoms with Crippen molar-refractivity contribution in [2.75, 3.05) is 12.4 Å². The minimum atomic E-state index is -0.118. The number of hydrogen-bond donors (Lipinski definition) is 1. The SMILES string of the molecule is C=C1CC[C@H]2C(=C)CC[C@@H]3[C@H](OC(=O)[C@H]3SCCO)[C@@H]12. The number of rotatable bonds is 3. The van der Waals surface area contributed by atoms with Crippen molar-refractivity contribution in [1.29, 1.82) is 0 Å². The van der Waals surface area contributed by atoms with E-state index in [9.17, 15) is 4.79 Å². The molecule has 0 aromatic carbocycles. The van der Waals surface area contributed by atoms with Crippen LogP contribution in [0.3, 0.4) is 0 Å². The third kappa shape index (κ3) is 2.23. The van der Waals surface area contributed by atoms with E-state index in [1.54, 1.807) is 0 Å². The summed E-state index contributed by atoms with van der Waals surface area (Å²) in [6.07, 6.45) is 4.08. The summed E-state index contributed by atoms with van der Waals surface area (Å²) in [5.74, 6) is 1.48. The summed E-state index contributed by atoms with van der Waals surface area (Å²) >= 11 is 1.54. The van der Waals surface area contributed by atoms with Crippen LogP contribution in [0.4, 0.5) is 0 Å². The topological polar surface area (TPSA) is 46.5 Å². The van der Waals surface area contributed by atoms with Gasteiger partial charge in [0.2, 0.25) is 0 Å². The van der Waals surface area contributed by atoms with Crippen LogP contribution >= 0.6 is 11.8 Å². The molecule has 4 heteroatoms. The number of carbonyl (C=O) groups is 1. The molecule has 1 saturated heterocycles. The summed E-state index contributed by atoms with van der Waals surface area (Å²) < 4.78 is 5.74. The Balaban J connectivity index is 1.86. The second kappa shape index (κ2) is 5.57. The zero-order valence-corrected chi connectivity index (χ0v) is 12.5. The summed E-state index contributed by atoms with van der Waals surface area (Å²) in [6, 6.07) is 0. The lowest BCUT2D eigenvalue weighted by Crippen LogP contribution is -2.30. The molecule has 20 heavy (non-hydrogen) atoms. The molecule has 0 amide bonds. The van der Waals surface area contributed by atoms with Crippen LogP contribution in [0, 0.1) is 17.8 Å². The van der Waals surface area contributed by atoms with Crippen LogP contribution in [0.5, 0.6) is 0 Å². The number of ether oxygens (including phenoxy) is 1. The molecular weight excluding hydrogens is 272 g/mol. The van der Waals surface area contributed by atoms with Crippen LogP contribution in [0.25, 0.3) is 0 Å². The molecule has 2 aliphatic carbocycles. The fraction of sp³-hybridized carbons (Fsp3) is 0.688. The summed E-state index contributed by atoms with van der Waals surface area (Å²) in [7, 11) is 0. The molecule has 3 fully saturated rings. The summed E-state index contributed by atoms with van der Waals surface area (Å²) in [5, 5.41) is 8.88. The molecule has 2 saturated carbocycles. The second-order valence-corrected chi connectivity index (χ2v) is 7.36. The first kappa shape index (κ1) is 14.2. The van der Waals surface area contributed by atoms with Crippen LogP contribution in [0.1, 0.15) is 25.7 Å². The molecule has 5 atom stereocenters. The predicted molar refractivity (Wildman–Crippen MR) is 80.4 cm³/mol. The van der Waals surface area contributed by atoms with Crippen molar-refractivity contribution in [3.05, 3.63) is 24.3 Å². The molecular formula is C16H22O3S. The highest BCUT2D eigenvalue weighted by atomic mass is 32.2. The minimum absolute atomic E-state index is 0.0158. The van der Waals surface area contributed by atoms with Crippen molar-refractivity contribution in [2.45, 2.75) is 37.0 Å². The van der Waals surface area contributed by atoms with E-state index in [1.807, 2.05) is 0 Å². The summed E-state index contributed by atoms with van der Waals surface area (Å²) in [4.78, 5) is 12.2. The highest BCUT2D eigenvalue weighted by molar-refractivity contribution is 8.00. The van der Waals surface area contributed by atoms with Gasteiger partial charge < -0.3 is 9.84 Å². The average molecular weight is 294 g/mol. The lowest BCUT2D eigenvalue weighted by Gasteiger charge is -2.26. The monoisotopic (exact) mass is 294 g/mol. The lowest BCUT2D eigenvalue weighted by atomic mass is 9.82. The molecule has 1 aliphatic heterocycles. The van der Waals surface area contributed by atoms with E-state index >= 15 is 0 Å². The van der Waals surface area contributed by atoms with E-state index < -0.39 is 0 Å². The van der Waals surface area contributed by atoms with E-state index in [1.165, 1.54) is 22.9 Å². The number of esters is 1. The Morgan fingerprint density at radius 3 is 2.75 bits per heavy atom. The van der Waals surface area contributed by atoms with Gasteiger partial charge in [0, 0.05) is 17.6 Å². The van der Waals surface area contributed by atoms with Crippen LogP contribution in [-0.4, -0.2) is 34.8 Å². The molecule has 110 valence electrons. The second-order valence-electron chi connectivity index (χ2n) is 6.11. The van der Waals surface area contributed by atoms with Gasteiger partial charge in [0.15, 0.2) is 0 Å². The molecule has 0 spiro atoms. The maximum absolute atomic E-state index is 12.2. The fourth-order valence-electron chi connectivity index (χ4n) is 4.09. The van der Waals surface area contributed by atoms with E-state index in [0.717, 1.165) is 25.7 Å². The average Bonchev–Trinajstić information content (AvgIpc) is 2.90. The quantitative estimate of drug-likeness (QED) is 0.642. The first-order chi connectivity index (χ1) is 9.63. The van der Waals surface area contributed by atoms with Crippen molar-refractivity contribution in [1.82, 2.24) is 0 Å². The fourth-order valence-corrected chi connectivity index (χ4v) is 5.18. The van der Waals surface area contributed by atoms with Gasteiger partial charge in [0.05, 0.1) is 6.61 Å². The first-order valence-corrected chi connectivity index (χ1v) is 8.46. The molecule has 0 aromatic heterocycles. The molecule has 1 N–H and O–H groups in total. The van der Waals surface area contributed by atoms with Crippen LogP contribution in [-0.2, 0) is 9.53 Å². The maximum Gasteiger partial charge on any atom is 0.319 e. The van der Waals surface area contributed by atoms with Gasteiger partial charge in [0.25, 0.3) is 0 Å². The van der Waals surface area contributed by atoms with Gasteiger partial charge in [0.1, 0.15) is 11.4 Å². The van der Waals surface area contributed by atoms with Gasteiger partial charge in [-0.15, -0.1) is 11.8 Å². The third-order valence-electron chi connectivity index (χ3n) is 5.04. The summed E-state index contributed by atoms with van der Waals surface area (Å²) in [5.41, 5.74) is 2.54. The third-order valence-corrected chi connectivity index (χ3v) is 6.36. The Morgan fingerprint density at radius 1 is 1.25 bits per heavy atom. The zero-order valence-electron chi connectivity index (χ0n) is 11.7. The minimum Gasteiger partial charge on any atom is -0.461 e. The van der Waals surface area contributed by atoms with E-state index in [4.69, 9.17) is 9.84 Å². The number of aliphatic hydroxyl groups is 1. The number of allylic oxidation sites excluding steroid dienone is 1. The molecule has 3 rings (SSSR count). The van der Waals surface area contributed by atoms with Crippen LogP contribution in [0.2, 0.25) is 0 Å². The Bertz CT molecular complexity index is 445. The predicted octanol–water partition coefficient (Wildman–Crippen LogP) is 2.55. The molecule has 0 bridgehead atoms. The van der Waals surface area contributed by atoms with Gasteiger partial charge in [-0.05, 0) is 31.6 Å². The highest BCUT2D eigenvalue weighted by Crippen LogP contribution is 2.52. The van der Waals surface area contributed by atoms with E-state index in [0.29, 0.717) is 11.7 Å². The van der Waals surface area contributed by atoms with Crippen molar-refractivity contribution >= 4 is 17.7 Å². The zero-order chi connectivity index (χ0) is 14.3. The van der Waals surface area contributed by atoms with E-state index in [2.05, 4.69) is 13.2 Å². The van der Waals surface area contributed by atoms with Gasteiger partial charge in [-0.2, -0.15) is 0 Å². The number of fused-ring (bicyclic) bond motifs is 3. The van der Waals surface area contributed by atoms with E-state index in [-0.39, 0.29) is 35.8 Å². The Morgan fingerprint density at radius 2 is 2.00 bits per heavy atom. The van der Waals surface area contributed by atoms with Crippen molar-refractivity contribution in [3.8, 4) is 0 Å². The maximum atomic E-state index is 12.2. The van der Waals surface area contributed by atoms with Gasteiger partial charge in [-0.25, -0.2) is 0 Å². The lowest BCUT2D eigenvalue weighted by molar-refractivity contribution is -0.142. The molecule has 0 unspecified atom stereocenters. The number of thioether (sulfide) groups is 1. The normalized spacial score (nSPS) is 40.2. The van der Waals surface area contributed by atoms with Crippen molar-refractivity contribution < 1.29 is 14.6 Å². The highest BCUT2D eigenvalue weighted by Gasteiger charge is 2.53. The smallest absolute Gasteiger partial charge is 0.319 e. The van der Waals surface area contributed by atoms with Gasteiger partial charge >= 0.3 is 5.97 Å². The van der Waals surface area contributed by atoms with Crippen LogP contribution in [0.15, 0.2) is 24.3 Å². The largest absolute Gasteiger partial charge is 0.461 e. The Labute approximate surface area is 124 Å². The molecule has 3 aliphatic rings. The summed E-state index contributed by atoms with van der Waals surface area (Å²) in [6.45, 7) is 8.57. The Kier molecular flexibility index (Phi) is 3.95. The molecule has 1 heterocycles. The number of hydrogen-bond acceptors (Lipinski definition) is 4. The van der Waals surface area contributed by atoms with Gasteiger partial charge in [-0.3, -0.25) is 4.79 Å². The Hall–Kier alpha value is -0.740. The van der Waals surface area contributed by atoms with Crippen molar-refractivity contribution in [2.24, 2.45) is 17.8 Å². The number of aliphatic hydroxyl groups excluding tert-OH is 1. The molecule has 0 radical (unpaired) electrons. The molecule has 3 nitrogen and oxygen atoms in total. The van der Waals surface area contributed by atoms with Crippen LogP contribution < -0.4 is 0 Å². The van der Waals surface area contributed by atoms with Gasteiger partial charge in [-0.1, -0.05) is 24.3 Å². The number of carbonyl (C=O) groups excluding carboxylic acids is 1. The van der Waals surface area contributed by atoms with Crippen molar-refractivity contribution in [3.63, 3.8) is 0 Å². The standard InChI is InChI=1S/C16H22O3S/c1-9-3-6-12-14(13-10(2)4-5-11(9)13)19-16(18)15(12)20-8-7-17/h11-15,17H,1-8H2/t11-,12+,13-,14-,15-/m0/s1.